The van der Waals surface area contributed by atoms with Gasteiger partial charge in [-0.15, -0.1) is 0 Å². The van der Waals surface area contributed by atoms with Crippen LogP contribution >= 0.6 is 0 Å². The molecule has 0 saturated heterocycles. The van der Waals surface area contributed by atoms with Crippen LogP contribution in [0.25, 0.3) is 0 Å². The zero-order valence-electron chi connectivity index (χ0n) is 7.29. The second-order valence-electron chi connectivity index (χ2n) is 2.57. The summed E-state index contributed by atoms with van der Waals surface area (Å²) in [6.07, 6.45) is -3.16. The molecule has 1 aromatic carbocycles. The Kier molecular flexibility index (Phi) is 3.56. The Morgan fingerprint density at radius 1 is 1.14 bits per heavy atom. The minimum atomic E-state index is -4.26. The normalized spacial score (nSPS) is 11.9. The number of halogens is 3. The molecule has 0 fully saturated rings. The van der Waals surface area contributed by atoms with E-state index in [0.717, 1.165) is 6.08 Å². The van der Waals surface area contributed by atoms with Crippen molar-refractivity contribution >= 4 is 0 Å². The van der Waals surface area contributed by atoms with E-state index in [0.29, 0.717) is 5.75 Å². The van der Waals surface area contributed by atoms with Crippen molar-refractivity contribution in [1.82, 2.24) is 0 Å². The minimum absolute atomic E-state index is 0.0798. The maximum Gasteiger partial charge on any atom is 0.409 e. The lowest BCUT2D eigenvalue weighted by Gasteiger charge is -2.02. The number of rotatable bonds is 3. The van der Waals surface area contributed by atoms with Crippen LogP contribution in [-0.2, 0) is 0 Å². The molecule has 0 aliphatic heterocycles. The Labute approximate surface area is 79.8 Å². The van der Waals surface area contributed by atoms with Crippen LogP contribution < -0.4 is 4.74 Å². The number of hydrogen-bond donors (Lipinski definition) is 0. The highest BCUT2D eigenvalue weighted by molar-refractivity contribution is 5.21. The third-order valence-corrected chi connectivity index (χ3v) is 1.40. The van der Waals surface area contributed by atoms with Crippen LogP contribution in [0.5, 0.6) is 5.75 Å². The summed E-state index contributed by atoms with van der Waals surface area (Å²) in [5.41, 5.74) is 0. The molecule has 0 atom stereocenters. The highest BCUT2D eigenvalue weighted by Crippen LogP contribution is 2.16. The second-order valence-corrected chi connectivity index (χ2v) is 2.57. The molecule has 0 unspecified atom stereocenters. The van der Waals surface area contributed by atoms with Gasteiger partial charge >= 0.3 is 6.18 Å². The van der Waals surface area contributed by atoms with Gasteiger partial charge in [0.1, 0.15) is 12.4 Å². The lowest BCUT2D eigenvalue weighted by atomic mass is 10.3. The summed E-state index contributed by atoms with van der Waals surface area (Å²) >= 11 is 0. The van der Waals surface area contributed by atoms with E-state index in [-0.39, 0.29) is 12.7 Å². The summed E-state index contributed by atoms with van der Waals surface area (Å²) in [6.45, 7) is -0.0798. The van der Waals surface area contributed by atoms with Gasteiger partial charge in [-0.1, -0.05) is 18.2 Å². The number of allylic oxidation sites excluding steroid dienone is 1. The number of alkyl halides is 3. The van der Waals surface area contributed by atoms with Crippen molar-refractivity contribution in [2.75, 3.05) is 6.61 Å². The van der Waals surface area contributed by atoms with Crippen LogP contribution in [0.4, 0.5) is 13.2 Å². The largest absolute Gasteiger partial charge is 0.490 e. The predicted octanol–water partition coefficient (Wildman–Crippen LogP) is 3.18. The lowest BCUT2D eigenvalue weighted by Crippen LogP contribution is -2.02. The number of para-hydroxylation sites is 1. The topological polar surface area (TPSA) is 9.23 Å². The maximum absolute atomic E-state index is 11.6. The molecule has 76 valence electrons. The molecular weight excluding hydrogens is 193 g/mol. The van der Waals surface area contributed by atoms with Crippen molar-refractivity contribution in [1.29, 1.82) is 0 Å². The zero-order valence-corrected chi connectivity index (χ0v) is 7.29. The van der Waals surface area contributed by atoms with Crippen molar-refractivity contribution in [3.63, 3.8) is 0 Å². The maximum atomic E-state index is 11.6. The van der Waals surface area contributed by atoms with Crippen LogP contribution in [-0.4, -0.2) is 12.8 Å². The quantitative estimate of drug-likeness (QED) is 0.684. The molecule has 0 bridgehead atoms. The molecule has 0 spiro atoms. The number of hydrogen-bond acceptors (Lipinski definition) is 1. The molecule has 1 nitrogen and oxygen atoms in total. The average Bonchev–Trinajstić information content (AvgIpc) is 2.13. The third-order valence-electron chi connectivity index (χ3n) is 1.40. The Hall–Kier alpha value is -1.45. The summed E-state index contributed by atoms with van der Waals surface area (Å²) in [7, 11) is 0. The standard InChI is InChI=1S/C10H9F3O/c11-10(12,13)7-4-8-14-9-5-2-1-3-6-9/h1-7H,8H2. The summed E-state index contributed by atoms with van der Waals surface area (Å²) < 4.78 is 39.9. The smallest absolute Gasteiger partial charge is 0.409 e. The van der Waals surface area contributed by atoms with Crippen molar-refractivity contribution in [3.05, 3.63) is 42.5 Å². The van der Waals surface area contributed by atoms with Crippen molar-refractivity contribution in [2.24, 2.45) is 0 Å². The summed E-state index contributed by atoms with van der Waals surface area (Å²) in [5.74, 6) is 0.555. The van der Waals surface area contributed by atoms with Crippen LogP contribution in [0, 0.1) is 0 Å². The zero-order chi connectivity index (χ0) is 10.4. The van der Waals surface area contributed by atoms with Crippen molar-refractivity contribution in [2.45, 2.75) is 6.18 Å². The molecule has 0 saturated carbocycles. The SMILES string of the molecule is FC(F)(F)C=CCOc1ccccc1. The highest BCUT2D eigenvalue weighted by Gasteiger charge is 2.21. The molecule has 0 radical (unpaired) electrons. The van der Waals surface area contributed by atoms with Gasteiger partial charge in [-0.05, 0) is 18.2 Å². The number of ether oxygens (including phenoxy) is 1. The molecule has 0 N–H and O–H groups in total. The van der Waals surface area contributed by atoms with Crippen LogP contribution in [0.15, 0.2) is 42.5 Å². The first-order valence-electron chi connectivity index (χ1n) is 4.00. The molecule has 14 heavy (non-hydrogen) atoms. The van der Waals surface area contributed by atoms with Gasteiger partial charge in [0, 0.05) is 6.08 Å². The monoisotopic (exact) mass is 202 g/mol. The fraction of sp³-hybridized carbons (Fsp3) is 0.200. The van der Waals surface area contributed by atoms with Crippen LogP contribution in [0.1, 0.15) is 0 Å². The van der Waals surface area contributed by atoms with Crippen LogP contribution in [0.2, 0.25) is 0 Å². The predicted molar refractivity (Wildman–Crippen MR) is 47.1 cm³/mol. The fourth-order valence-electron chi connectivity index (χ4n) is 0.843. The first-order valence-corrected chi connectivity index (χ1v) is 4.00. The Balaban J connectivity index is 2.33. The van der Waals surface area contributed by atoms with E-state index in [4.69, 9.17) is 4.74 Å². The van der Waals surface area contributed by atoms with Gasteiger partial charge in [0.2, 0.25) is 0 Å². The van der Waals surface area contributed by atoms with Gasteiger partial charge in [0.25, 0.3) is 0 Å². The molecule has 0 heterocycles. The third kappa shape index (κ3) is 4.54. The molecule has 1 aromatic rings. The van der Waals surface area contributed by atoms with E-state index in [9.17, 15) is 13.2 Å². The van der Waals surface area contributed by atoms with Gasteiger partial charge in [-0.25, -0.2) is 0 Å². The van der Waals surface area contributed by atoms with Crippen molar-refractivity contribution < 1.29 is 17.9 Å². The first-order chi connectivity index (χ1) is 6.58. The summed E-state index contributed by atoms with van der Waals surface area (Å²) in [6, 6.07) is 8.67. The Bertz CT molecular complexity index is 290. The Morgan fingerprint density at radius 3 is 2.36 bits per heavy atom. The molecule has 0 amide bonds. The Morgan fingerprint density at radius 2 is 1.79 bits per heavy atom. The molecule has 4 heteroatoms. The molecule has 1 rings (SSSR count). The van der Waals surface area contributed by atoms with E-state index in [2.05, 4.69) is 0 Å². The van der Waals surface area contributed by atoms with E-state index in [1.165, 1.54) is 0 Å². The molecule has 0 aliphatic rings. The van der Waals surface area contributed by atoms with E-state index in [1.807, 2.05) is 0 Å². The van der Waals surface area contributed by atoms with E-state index < -0.39 is 6.18 Å². The van der Waals surface area contributed by atoms with Gasteiger partial charge in [0.15, 0.2) is 0 Å². The first kappa shape index (κ1) is 10.6. The number of benzene rings is 1. The second kappa shape index (κ2) is 4.69. The van der Waals surface area contributed by atoms with Crippen molar-refractivity contribution in [3.8, 4) is 5.75 Å². The molecule has 0 aromatic heterocycles. The van der Waals surface area contributed by atoms with Gasteiger partial charge in [0.05, 0.1) is 0 Å². The molecule has 0 aliphatic carbocycles. The van der Waals surface area contributed by atoms with E-state index >= 15 is 0 Å². The fourth-order valence-corrected chi connectivity index (χ4v) is 0.843. The molecular formula is C10H9F3O. The average molecular weight is 202 g/mol. The summed E-state index contributed by atoms with van der Waals surface area (Å²) in [5, 5.41) is 0. The van der Waals surface area contributed by atoms with Gasteiger partial charge in [-0.3, -0.25) is 0 Å². The lowest BCUT2D eigenvalue weighted by molar-refractivity contribution is -0.0801. The van der Waals surface area contributed by atoms with E-state index in [1.54, 1.807) is 30.3 Å². The van der Waals surface area contributed by atoms with Gasteiger partial charge < -0.3 is 4.74 Å². The highest BCUT2D eigenvalue weighted by atomic mass is 19.4. The summed E-state index contributed by atoms with van der Waals surface area (Å²) in [4.78, 5) is 0. The minimum Gasteiger partial charge on any atom is -0.490 e. The van der Waals surface area contributed by atoms with Gasteiger partial charge in [-0.2, -0.15) is 13.2 Å². The van der Waals surface area contributed by atoms with Crippen LogP contribution in [0.3, 0.4) is 0 Å².